The average molecular weight is 270 g/mol. The summed E-state index contributed by atoms with van der Waals surface area (Å²) in [5.41, 5.74) is 5.37. The quantitative estimate of drug-likeness (QED) is 0.689. The third-order valence-electron chi connectivity index (χ3n) is 3.74. The zero-order valence-corrected chi connectivity index (χ0v) is 11.2. The summed E-state index contributed by atoms with van der Waals surface area (Å²) in [6, 6.07) is 0. The standard InChI is InChI=1S/C13H22N2O4/c16-12(10-1-5-18-6-2-10)9-14-15-13(17)11-3-7-19-8-4-11/h10-11,14H,1-9H2,(H,15,17). The van der Waals surface area contributed by atoms with Crippen molar-refractivity contribution in [3.63, 3.8) is 0 Å². The van der Waals surface area contributed by atoms with E-state index < -0.39 is 0 Å². The molecule has 0 aromatic rings. The van der Waals surface area contributed by atoms with Gasteiger partial charge in [-0.05, 0) is 25.7 Å². The number of Topliss-reactive ketones (excluding diaryl/α,β-unsaturated/α-hetero) is 1. The molecule has 19 heavy (non-hydrogen) atoms. The summed E-state index contributed by atoms with van der Waals surface area (Å²) in [4.78, 5) is 23.7. The second-order valence-electron chi connectivity index (χ2n) is 5.08. The zero-order chi connectivity index (χ0) is 13.5. The molecule has 0 bridgehead atoms. The van der Waals surface area contributed by atoms with Crippen LogP contribution in [0.3, 0.4) is 0 Å². The van der Waals surface area contributed by atoms with Gasteiger partial charge in [-0.2, -0.15) is 0 Å². The van der Waals surface area contributed by atoms with Crippen LogP contribution >= 0.6 is 0 Å². The zero-order valence-electron chi connectivity index (χ0n) is 11.2. The van der Waals surface area contributed by atoms with E-state index in [2.05, 4.69) is 10.9 Å². The molecule has 0 atom stereocenters. The van der Waals surface area contributed by atoms with Crippen molar-refractivity contribution >= 4 is 11.7 Å². The van der Waals surface area contributed by atoms with Gasteiger partial charge in [-0.1, -0.05) is 0 Å². The largest absolute Gasteiger partial charge is 0.381 e. The Labute approximate surface area is 113 Å². The lowest BCUT2D eigenvalue weighted by Crippen LogP contribution is -2.46. The molecule has 2 N–H and O–H groups in total. The van der Waals surface area contributed by atoms with E-state index in [1.54, 1.807) is 0 Å². The van der Waals surface area contributed by atoms with Gasteiger partial charge < -0.3 is 9.47 Å². The minimum Gasteiger partial charge on any atom is -0.381 e. The van der Waals surface area contributed by atoms with Crippen molar-refractivity contribution in [2.24, 2.45) is 11.8 Å². The number of hydrazine groups is 1. The van der Waals surface area contributed by atoms with Crippen molar-refractivity contribution in [3.05, 3.63) is 0 Å². The van der Waals surface area contributed by atoms with Gasteiger partial charge in [-0.15, -0.1) is 0 Å². The van der Waals surface area contributed by atoms with Crippen molar-refractivity contribution in [2.45, 2.75) is 25.7 Å². The summed E-state index contributed by atoms with van der Waals surface area (Å²) in [5, 5.41) is 0. The number of ketones is 1. The third-order valence-corrected chi connectivity index (χ3v) is 3.74. The predicted molar refractivity (Wildman–Crippen MR) is 68.2 cm³/mol. The van der Waals surface area contributed by atoms with Gasteiger partial charge in [0.2, 0.25) is 5.91 Å². The van der Waals surface area contributed by atoms with E-state index in [4.69, 9.17) is 9.47 Å². The molecule has 0 aromatic carbocycles. The molecule has 108 valence electrons. The van der Waals surface area contributed by atoms with Crippen molar-refractivity contribution in [2.75, 3.05) is 33.0 Å². The number of hydrogen-bond acceptors (Lipinski definition) is 5. The van der Waals surface area contributed by atoms with Crippen LogP contribution in [-0.4, -0.2) is 44.7 Å². The molecule has 0 unspecified atom stereocenters. The van der Waals surface area contributed by atoms with E-state index in [-0.39, 0.29) is 30.1 Å². The molecule has 2 aliphatic rings. The summed E-state index contributed by atoms with van der Waals surface area (Å²) < 4.78 is 10.4. The van der Waals surface area contributed by atoms with E-state index in [9.17, 15) is 9.59 Å². The molecule has 0 aromatic heterocycles. The van der Waals surface area contributed by atoms with Gasteiger partial charge in [0.05, 0.1) is 6.54 Å². The van der Waals surface area contributed by atoms with Crippen molar-refractivity contribution in [1.29, 1.82) is 0 Å². The molecule has 1 amide bonds. The Morgan fingerprint density at radius 3 is 2.00 bits per heavy atom. The first-order valence-electron chi connectivity index (χ1n) is 6.98. The van der Waals surface area contributed by atoms with Crippen LogP contribution in [-0.2, 0) is 19.1 Å². The van der Waals surface area contributed by atoms with E-state index >= 15 is 0 Å². The molecule has 2 heterocycles. The highest BCUT2D eigenvalue weighted by molar-refractivity contribution is 5.84. The Bertz CT molecular complexity index is 280. The monoisotopic (exact) mass is 270 g/mol. The van der Waals surface area contributed by atoms with Crippen molar-refractivity contribution < 1.29 is 19.1 Å². The number of ether oxygens (including phenoxy) is 2. The topological polar surface area (TPSA) is 76.7 Å². The van der Waals surface area contributed by atoms with Crippen molar-refractivity contribution in [3.8, 4) is 0 Å². The smallest absolute Gasteiger partial charge is 0.237 e. The summed E-state index contributed by atoms with van der Waals surface area (Å²) >= 11 is 0. The highest BCUT2D eigenvalue weighted by atomic mass is 16.5. The minimum atomic E-state index is -0.0388. The van der Waals surface area contributed by atoms with Crippen LogP contribution in [0.15, 0.2) is 0 Å². The van der Waals surface area contributed by atoms with Crippen LogP contribution in [0.25, 0.3) is 0 Å². The molecule has 0 saturated carbocycles. The number of amides is 1. The first kappa shape index (κ1) is 14.4. The van der Waals surface area contributed by atoms with Gasteiger partial charge in [0.25, 0.3) is 0 Å². The van der Waals surface area contributed by atoms with Gasteiger partial charge in [0.1, 0.15) is 0 Å². The molecular formula is C13H22N2O4. The molecule has 0 radical (unpaired) electrons. The molecule has 6 heteroatoms. The van der Waals surface area contributed by atoms with Crippen LogP contribution in [0.4, 0.5) is 0 Å². The highest BCUT2D eigenvalue weighted by Crippen LogP contribution is 2.15. The van der Waals surface area contributed by atoms with Gasteiger partial charge in [-0.25, -0.2) is 5.43 Å². The molecule has 2 rings (SSSR count). The van der Waals surface area contributed by atoms with E-state index in [0.717, 1.165) is 25.7 Å². The summed E-state index contributed by atoms with van der Waals surface area (Å²) in [7, 11) is 0. The number of nitrogens with one attached hydrogen (secondary N) is 2. The molecule has 6 nitrogen and oxygen atoms in total. The summed E-state index contributed by atoms with van der Waals surface area (Å²) in [6.07, 6.45) is 3.08. The van der Waals surface area contributed by atoms with Crippen LogP contribution in [0.2, 0.25) is 0 Å². The number of rotatable bonds is 5. The summed E-state index contributed by atoms with van der Waals surface area (Å²) in [5.74, 6) is 0.180. The maximum Gasteiger partial charge on any atom is 0.237 e. The molecule has 2 aliphatic heterocycles. The fourth-order valence-corrected chi connectivity index (χ4v) is 2.44. The molecule has 2 saturated heterocycles. The van der Waals surface area contributed by atoms with E-state index in [1.165, 1.54) is 0 Å². The van der Waals surface area contributed by atoms with Crippen LogP contribution in [0.5, 0.6) is 0 Å². The fraction of sp³-hybridized carbons (Fsp3) is 0.846. The fourth-order valence-electron chi connectivity index (χ4n) is 2.44. The third kappa shape index (κ3) is 4.56. The average Bonchev–Trinajstić information content (AvgIpc) is 2.49. The molecule has 0 spiro atoms. The lowest BCUT2D eigenvalue weighted by molar-refractivity contribution is -0.129. The second-order valence-corrected chi connectivity index (χ2v) is 5.08. The second kappa shape index (κ2) is 7.57. The Hall–Kier alpha value is -0.980. The Morgan fingerprint density at radius 2 is 1.42 bits per heavy atom. The van der Waals surface area contributed by atoms with Gasteiger partial charge in [0, 0.05) is 38.3 Å². The van der Waals surface area contributed by atoms with Gasteiger partial charge >= 0.3 is 0 Å². The first-order valence-corrected chi connectivity index (χ1v) is 6.98. The molecule has 2 fully saturated rings. The SMILES string of the molecule is O=C(CNNC(=O)C1CCOCC1)C1CCOCC1. The first-order chi connectivity index (χ1) is 9.27. The van der Waals surface area contributed by atoms with E-state index in [1.807, 2.05) is 0 Å². The summed E-state index contributed by atoms with van der Waals surface area (Å²) in [6.45, 7) is 2.79. The Kier molecular flexibility index (Phi) is 5.75. The van der Waals surface area contributed by atoms with Gasteiger partial charge in [-0.3, -0.25) is 15.0 Å². The van der Waals surface area contributed by atoms with Crippen molar-refractivity contribution in [1.82, 2.24) is 10.9 Å². The number of carbonyl (C=O) groups excluding carboxylic acids is 2. The van der Waals surface area contributed by atoms with Crippen LogP contribution in [0.1, 0.15) is 25.7 Å². The highest BCUT2D eigenvalue weighted by Gasteiger charge is 2.23. The lowest BCUT2D eigenvalue weighted by atomic mass is 9.95. The van der Waals surface area contributed by atoms with Gasteiger partial charge in [0.15, 0.2) is 5.78 Å². The normalized spacial score (nSPS) is 22.1. The Morgan fingerprint density at radius 1 is 0.895 bits per heavy atom. The van der Waals surface area contributed by atoms with Crippen LogP contribution in [0, 0.1) is 11.8 Å². The lowest BCUT2D eigenvalue weighted by Gasteiger charge is -2.23. The number of hydrogen-bond donors (Lipinski definition) is 2. The van der Waals surface area contributed by atoms with Crippen LogP contribution < -0.4 is 10.9 Å². The molecular weight excluding hydrogens is 248 g/mol. The number of carbonyl (C=O) groups is 2. The predicted octanol–water partition coefficient (Wildman–Crippen LogP) is 0.0295. The maximum atomic E-state index is 11.9. The van der Waals surface area contributed by atoms with E-state index in [0.29, 0.717) is 26.4 Å². The Balaban J connectivity index is 1.62. The molecule has 0 aliphatic carbocycles. The minimum absolute atomic E-state index is 0.000525. The maximum absolute atomic E-state index is 11.9.